The van der Waals surface area contributed by atoms with E-state index in [1.807, 2.05) is 75.4 Å². The highest BCUT2D eigenvalue weighted by atomic mass is 32.2. The molecule has 1 aromatic carbocycles. The second kappa shape index (κ2) is 15.4. The first kappa shape index (κ1) is 29.5. The Morgan fingerprint density at radius 3 is 2.42 bits per heavy atom. The van der Waals surface area contributed by atoms with E-state index in [1.54, 1.807) is 0 Å². The minimum atomic E-state index is -0.647. The molecule has 2 rings (SSSR count). The van der Waals surface area contributed by atoms with Gasteiger partial charge in [0.05, 0.1) is 6.61 Å². The quantitative estimate of drug-likeness (QED) is 0.273. The maximum absolute atomic E-state index is 12.7. The van der Waals surface area contributed by atoms with Crippen LogP contribution in [0.1, 0.15) is 58.9 Å². The largest absolute Gasteiger partial charge is 0.463 e. The Morgan fingerprint density at radius 1 is 1.03 bits per heavy atom. The van der Waals surface area contributed by atoms with Crippen molar-refractivity contribution in [1.82, 2.24) is 15.5 Å². The van der Waals surface area contributed by atoms with Gasteiger partial charge in [-0.2, -0.15) is 0 Å². The van der Waals surface area contributed by atoms with E-state index in [4.69, 9.17) is 9.47 Å². The van der Waals surface area contributed by atoms with Gasteiger partial charge in [0.2, 0.25) is 5.91 Å². The molecular weight excluding hydrogens is 478 g/mol. The second-order valence-electron chi connectivity index (χ2n) is 9.87. The molecule has 0 aromatic heterocycles. The van der Waals surface area contributed by atoms with E-state index in [1.165, 1.54) is 11.8 Å². The smallest absolute Gasteiger partial charge is 0.408 e. The third-order valence-electron chi connectivity index (χ3n) is 5.59. The van der Waals surface area contributed by atoms with Gasteiger partial charge in [-0.3, -0.25) is 4.79 Å². The molecule has 0 unspecified atom stereocenters. The number of likely N-dealkylation sites (N-methyl/N-ethyl adjacent to an activating group) is 1. The summed E-state index contributed by atoms with van der Waals surface area (Å²) in [7, 11) is 1.91. The molecular formula is C27H41N3O5S. The van der Waals surface area contributed by atoms with E-state index in [9.17, 15) is 14.4 Å². The zero-order valence-electron chi connectivity index (χ0n) is 22.1. The number of rotatable bonds is 14. The summed E-state index contributed by atoms with van der Waals surface area (Å²) in [6.45, 7) is 9.13. The first-order valence-electron chi connectivity index (χ1n) is 12.7. The van der Waals surface area contributed by atoms with Gasteiger partial charge in [0.1, 0.15) is 12.6 Å². The molecule has 0 saturated carbocycles. The van der Waals surface area contributed by atoms with Crippen LogP contribution >= 0.6 is 11.8 Å². The Bertz CT molecular complexity index is 875. The molecule has 1 aliphatic rings. The Kier molecular flexibility index (Phi) is 12.7. The van der Waals surface area contributed by atoms with E-state index in [0.29, 0.717) is 25.5 Å². The van der Waals surface area contributed by atoms with Gasteiger partial charge in [0.15, 0.2) is 5.37 Å². The molecule has 1 aromatic rings. The Morgan fingerprint density at radius 2 is 1.75 bits per heavy atom. The third-order valence-corrected chi connectivity index (χ3v) is 6.76. The molecule has 1 aliphatic heterocycles. The summed E-state index contributed by atoms with van der Waals surface area (Å²) < 4.78 is 10.6. The number of nitrogens with one attached hydrogen (secondary N) is 2. The zero-order chi connectivity index (χ0) is 26.5. The average Bonchev–Trinajstić information content (AvgIpc) is 3.21. The minimum absolute atomic E-state index is 0.154. The minimum Gasteiger partial charge on any atom is -0.463 e. The van der Waals surface area contributed by atoms with Crippen LogP contribution in [0, 0.1) is 11.8 Å². The first-order valence-corrected chi connectivity index (χ1v) is 13.6. The van der Waals surface area contributed by atoms with Crippen LogP contribution in [0.3, 0.4) is 0 Å². The fourth-order valence-electron chi connectivity index (χ4n) is 3.61. The number of carbonyl (C=O) groups is 3. The van der Waals surface area contributed by atoms with Crippen molar-refractivity contribution in [2.45, 2.75) is 71.4 Å². The molecule has 1 heterocycles. The van der Waals surface area contributed by atoms with Crippen molar-refractivity contribution in [2.75, 3.05) is 20.2 Å². The highest BCUT2D eigenvalue weighted by Gasteiger charge is 2.31. The lowest BCUT2D eigenvalue weighted by molar-refractivity contribution is -0.146. The molecule has 2 atom stereocenters. The highest BCUT2D eigenvalue weighted by molar-refractivity contribution is 8.03. The fourth-order valence-corrected chi connectivity index (χ4v) is 4.68. The van der Waals surface area contributed by atoms with E-state index >= 15 is 0 Å². The van der Waals surface area contributed by atoms with Gasteiger partial charge in [-0.15, -0.1) is 0 Å². The van der Waals surface area contributed by atoms with Crippen LogP contribution in [0.4, 0.5) is 4.79 Å². The van der Waals surface area contributed by atoms with Crippen LogP contribution in [0.2, 0.25) is 0 Å². The summed E-state index contributed by atoms with van der Waals surface area (Å²) in [4.78, 5) is 39.2. The van der Waals surface area contributed by atoms with Crippen molar-refractivity contribution in [3.63, 3.8) is 0 Å². The first-order chi connectivity index (χ1) is 17.2. The molecule has 9 heteroatoms. The average molecular weight is 520 g/mol. The molecule has 200 valence electrons. The third kappa shape index (κ3) is 10.5. The highest BCUT2D eigenvalue weighted by Crippen LogP contribution is 2.32. The van der Waals surface area contributed by atoms with Crippen molar-refractivity contribution >= 4 is 29.7 Å². The molecule has 8 nitrogen and oxygen atoms in total. The number of amides is 2. The second-order valence-corrected chi connectivity index (χ2v) is 10.8. The van der Waals surface area contributed by atoms with Crippen LogP contribution in [0.25, 0.3) is 0 Å². The van der Waals surface area contributed by atoms with Gasteiger partial charge >= 0.3 is 12.1 Å². The maximum atomic E-state index is 12.7. The maximum Gasteiger partial charge on any atom is 0.408 e. The van der Waals surface area contributed by atoms with E-state index in [0.717, 1.165) is 30.5 Å². The van der Waals surface area contributed by atoms with Crippen molar-refractivity contribution < 1.29 is 23.9 Å². The molecule has 36 heavy (non-hydrogen) atoms. The van der Waals surface area contributed by atoms with E-state index in [2.05, 4.69) is 10.6 Å². The number of nitrogens with zero attached hydrogens (tertiary/aromatic N) is 1. The van der Waals surface area contributed by atoms with Gasteiger partial charge in [-0.05, 0) is 48.5 Å². The molecule has 0 aliphatic carbocycles. The number of allylic oxidation sites excluding steroid dienone is 1. The van der Waals surface area contributed by atoms with Crippen LogP contribution in [0.5, 0.6) is 0 Å². The van der Waals surface area contributed by atoms with E-state index in [-0.39, 0.29) is 29.8 Å². The van der Waals surface area contributed by atoms with Crippen LogP contribution < -0.4 is 10.6 Å². The lowest BCUT2D eigenvalue weighted by Crippen LogP contribution is -2.47. The predicted molar refractivity (Wildman–Crippen MR) is 143 cm³/mol. The summed E-state index contributed by atoms with van der Waals surface area (Å²) in [5.41, 5.74) is 1.98. The Balaban J connectivity index is 1.70. The van der Waals surface area contributed by atoms with E-state index < -0.39 is 12.1 Å². The number of benzene rings is 1. The number of carbonyl (C=O) groups excluding carboxylic acids is 3. The standard InChI is InChI=1S/C27H41N3O5S/c1-19(2)15-23(29-27(33)35-17-21-11-7-6-8-12-21)24(31)28-14-10-9-13-22-18-36-25(30(22)5)26(32)34-16-20(3)4/h6-8,11-12,18-20,23,25H,9-10,13-17H2,1-5H3,(H,28,31)(H,29,33)/t23-,25+/m0/s1. The van der Waals surface area contributed by atoms with Crippen LogP contribution in [-0.2, 0) is 25.7 Å². The molecule has 0 bridgehead atoms. The normalized spacial score (nSPS) is 16.0. The number of unbranched alkanes of at least 4 members (excludes halogenated alkanes) is 1. The summed E-state index contributed by atoms with van der Waals surface area (Å²) in [5.74, 6) is 0.128. The molecule has 0 radical (unpaired) electrons. The summed E-state index contributed by atoms with van der Waals surface area (Å²) in [6.07, 6.45) is 2.39. The van der Waals surface area contributed by atoms with Gasteiger partial charge in [0, 0.05) is 19.3 Å². The lowest BCUT2D eigenvalue weighted by atomic mass is 10.0. The SMILES string of the molecule is CC(C)COC(=O)[C@H]1SC=C(CCCCNC(=O)[C@H](CC(C)C)NC(=O)OCc2ccccc2)N1C. The molecule has 0 saturated heterocycles. The zero-order valence-corrected chi connectivity index (χ0v) is 22.9. The van der Waals surface area contributed by atoms with Gasteiger partial charge in [-0.1, -0.05) is 69.8 Å². The molecule has 0 fully saturated rings. The van der Waals surface area contributed by atoms with Crippen molar-refractivity contribution in [1.29, 1.82) is 0 Å². The van der Waals surface area contributed by atoms with Gasteiger partial charge < -0.3 is 25.0 Å². The van der Waals surface area contributed by atoms with Crippen molar-refractivity contribution in [3.05, 3.63) is 47.0 Å². The van der Waals surface area contributed by atoms with Crippen molar-refractivity contribution in [3.8, 4) is 0 Å². The van der Waals surface area contributed by atoms with Crippen LogP contribution in [-0.4, -0.2) is 54.5 Å². The van der Waals surface area contributed by atoms with Gasteiger partial charge in [-0.25, -0.2) is 9.59 Å². The lowest BCUT2D eigenvalue weighted by Gasteiger charge is -2.23. The molecule has 0 spiro atoms. The van der Waals surface area contributed by atoms with Crippen LogP contribution in [0.15, 0.2) is 41.4 Å². The number of ether oxygens (including phenoxy) is 2. The molecule has 2 amide bonds. The predicted octanol–water partition coefficient (Wildman–Crippen LogP) is 4.66. The number of esters is 1. The fraction of sp³-hybridized carbons (Fsp3) is 0.593. The topological polar surface area (TPSA) is 97.0 Å². The Labute approximate surface area is 219 Å². The molecule has 2 N–H and O–H groups in total. The van der Waals surface area contributed by atoms with Crippen molar-refractivity contribution in [2.24, 2.45) is 11.8 Å². The van der Waals surface area contributed by atoms with Gasteiger partial charge in [0.25, 0.3) is 0 Å². The Hall–Kier alpha value is -2.68. The number of alkyl carbamates (subject to hydrolysis) is 1. The monoisotopic (exact) mass is 519 g/mol. The number of hydrogen-bond donors (Lipinski definition) is 2. The summed E-state index contributed by atoms with van der Waals surface area (Å²) >= 11 is 1.47. The summed E-state index contributed by atoms with van der Waals surface area (Å²) in [5, 5.41) is 7.33. The number of thioether (sulfide) groups is 1. The number of hydrogen-bond acceptors (Lipinski definition) is 7. The summed E-state index contributed by atoms with van der Waals surface area (Å²) in [6, 6.07) is 8.77.